The molecule has 0 spiro atoms. The summed E-state index contributed by atoms with van der Waals surface area (Å²) in [5.74, 6) is 1.42. The van der Waals surface area contributed by atoms with E-state index in [2.05, 4.69) is 19.9 Å². The van der Waals surface area contributed by atoms with Gasteiger partial charge in [-0.1, -0.05) is 20.3 Å². The van der Waals surface area contributed by atoms with E-state index in [1.165, 1.54) is 19.4 Å². The van der Waals surface area contributed by atoms with Crippen molar-refractivity contribution in [1.82, 2.24) is 0 Å². The summed E-state index contributed by atoms with van der Waals surface area (Å²) in [7, 11) is 0. The predicted octanol–water partition coefficient (Wildman–Crippen LogP) is 3.86. The van der Waals surface area contributed by atoms with Crippen LogP contribution in [0.25, 0.3) is 0 Å². The Bertz CT molecular complexity index is 814. The van der Waals surface area contributed by atoms with E-state index in [-0.39, 0.29) is 42.6 Å². The second kappa shape index (κ2) is 7.70. The lowest BCUT2D eigenvalue weighted by Gasteiger charge is -2.63. The minimum atomic E-state index is -0.601. The number of carbonyl (C=O) groups excluding carboxylic acids is 2. The quantitative estimate of drug-likeness (QED) is 0.748. The first-order valence-corrected chi connectivity index (χ1v) is 11.2. The molecule has 0 bridgehead atoms. The molecule has 0 aromatic carbocycles. The normalized spacial score (nSPS) is 40.0. The highest BCUT2D eigenvalue weighted by atomic mass is 16.5. The van der Waals surface area contributed by atoms with E-state index in [9.17, 15) is 14.7 Å². The molecule has 0 aliphatic heterocycles. The molecule has 4 rings (SSSR count). The number of fused-ring (bicyclic) bond motifs is 4. The molecule has 2 fully saturated rings. The maximum absolute atomic E-state index is 12.1. The molecule has 0 amide bonds. The minimum absolute atomic E-state index is 0.0723. The van der Waals surface area contributed by atoms with Crippen LogP contribution in [0.3, 0.4) is 0 Å². The maximum atomic E-state index is 12.1. The van der Waals surface area contributed by atoms with Crippen LogP contribution in [-0.4, -0.2) is 36.4 Å². The predicted molar refractivity (Wildman–Crippen MR) is 110 cm³/mol. The molecule has 1 aromatic rings. The summed E-state index contributed by atoms with van der Waals surface area (Å²) in [5, 5.41) is 10.6. The Morgan fingerprint density at radius 2 is 2.03 bits per heavy atom. The second-order valence-corrected chi connectivity index (χ2v) is 10.1. The highest BCUT2D eigenvalue weighted by molar-refractivity contribution is 5.66. The second-order valence-electron chi connectivity index (χ2n) is 10.1. The highest BCUT2D eigenvalue weighted by Gasteiger charge is 2.64. The number of ether oxygens (including phenoxy) is 2. The van der Waals surface area contributed by atoms with Crippen LogP contribution < -0.4 is 0 Å². The molecule has 166 valence electrons. The van der Waals surface area contributed by atoms with Crippen LogP contribution in [0.15, 0.2) is 16.7 Å². The number of rotatable bonds is 4. The molecule has 6 heteroatoms. The Balaban J connectivity index is 1.78. The smallest absolute Gasteiger partial charge is 0.302 e. The first-order valence-electron chi connectivity index (χ1n) is 11.2. The molecule has 1 heterocycles. The van der Waals surface area contributed by atoms with Gasteiger partial charge in [0.15, 0.2) is 0 Å². The van der Waals surface area contributed by atoms with Gasteiger partial charge in [-0.05, 0) is 54.1 Å². The average molecular weight is 419 g/mol. The molecule has 7 atom stereocenters. The minimum Gasteiger partial charge on any atom is -0.469 e. The van der Waals surface area contributed by atoms with Crippen molar-refractivity contribution in [1.29, 1.82) is 0 Å². The summed E-state index contributed by atoms with van der Waals surface area (Å²) in [6.07, 6.45) is 5.82. The number of aliphatic hydroxyl groups is 1. The first-order chi connectivity index (χ1) is 14.2. The zero-order valence-electron chi connectivity index (χ0n) is 18.5. The zero-order valence-corrected chi connectivity index (χ0v) is 18.5. The molecular formula is C24H34O6. The van der Waals surface area contributed by atoms with Crippen molar-refractivity contribution in [3.8, 4) is 0 Å². The number of carbonyl (C=O) groups is 2. The van der Waals surface area contributed by atoms with Gasteiger partial charge < -0.3 is 19.0 Å². The monoisotopic (exact) mass is 418 g/mol. The van der Waals surface area contributed by atoms with Gasteiger partial charge in [0.25, 0.3) is 0 Å². The van der Waals surface area contributed by atoms with Crippen molar-refractivity contribution in [3.05, 3.63) is 23.7 Å². The molecule has 30 heavy (non-hydrogen) atoms. The number of hydrogen-bond acceptors (Lipinski definition) is 6. The van der Waals surface area contributed by atoms with Crippen molar-refractivity contribution in [3.63, 3.8) is 0 Å². The summed E-state index contributed by atoms with van der Waals surface area (Å²) >= 11 is 0. The van der Waals surface area contributed by atoms with Gasteiger partial charge in [-0.2, -0.15) is 0 Å². The van der Waals surface area contributed by atoms with Crippen molar-refractivity contribution in [2.45, 2.75) is 71.8 Å². The third-order valence-corrected chi connectivity index (χ3v) is 8.51. The van der Waals surface area contributed by atoms with Crippen molar-refractivity contribution >= 4 is 11.9 Å². The molecular weight excluding hydrogens is 384 g/mol. The first kappa shape index (κ1) is 21.4. The number of esters is 2. The Morgan fingerprint density at radius 1 is 1.27 bits per heavy atom. The van der Waals surface area contributed by atoms with Crippen LogP contribution in [0.4, 0.5) is 0 Å². The lowest BCUT2D eigenvalue weighted by atomic mass is 9.42. The molecule has 1 aromatic heterocycles. The summed E-state index contributed by atoms with van der Waals surface area (Å²) in [5.41, 5.74) is 0.517. The Kier molecular flexibility index (Phi) is 5.50. The van der Waals surface area contributed by atoms with Gasteiger partial charge in [0.2, 0.25) is 0 Å². The molecule has 0 radical (unpaired) electrons. The summed E-state index contributed by atoms with van der Waals surface area (Å²) in [6, 6.07) is 2.07. The van der Waals surface area contributed by atoms with Crippen molar-refractivity contribution in [2.75, 3.05) is 13.2 Å². The van der Waals surface area contributed by atoms with Crippen LogP contribution in [0.1, 0.15) is 70.6 Å². The Morgan fingerprint density at radius 3 is 2.70 bits per heavy atom. The van der Waals surface area contributed by atoms with Crippen LogP contribution in [-0.2, 0) is 25.5 Å². The van der Waals surface area contributed by atoms with E-state index >= 15 is 0 Å². The van der Waals surface area contributed by atoms with Gasteiger partial charge in [0, 0.05) is 31.6 Å². The molecule has 2 saturated carbocycles. The van der Waals surface area contributed by atoms with Gasteiger partial charge >= 0.3 is 11.9 Å². The standard InChI is InChI=1S/C24H34O6/c1-14-17-6-9-28-20(17)11-19-18(14)10-21(30-16(3)27)22-23(19,4)7-5-8-24(22,12-25)13-29-15(2)26/h6,9,14,18-19,21-22,25H,5,7-8,10-13H2,1-4H3/t14-,18?,19?,21+,22?,23+,24+/m0/s1. The fourth-order valence-corrected chi connectivity index (χ4v) is 7.37. The van der Waals surface area contributed by atoms with Crippen molar-refractivity contribution < 1.29 is 28.6 Å². The fraction of sp³-hybridized carbons (Fsp3) is 0.750. The van der Waals surface area contributed by atoms with Gasteiger partial charge in [-0.3, -0.25) is 9.59 Å². The van der Waals surface area contributed by atoms with Gasteiger partial charge in [0.05, 0.1) is 19.5 Å². The van der Waals surface area contributed by atoms with Gasteiger partial charge in [0.1, 0.15) is 11.9 Å². The van der Waals surface area contributed by atoms with Gasteiger partial charge in [-0.25, -0.2) is 0 Å². The SMILES string of the molecule is CC(=O)OC[C@]1(CO)CCC[C@]2(C)C3Cc4occc4[C@H](C)C3C[C@@H](OC(C)=O)C12. The Labute approximate surface area is 178 Å². The molecule has 3 aliphatic carbocycles. The van der Waals surface area contributed by atoms with Gasteiger partial charge in [-0.15, -0.1) is 0 Å². The van der Waals surface area contributed by atoms with E-state index in [1.54, 1.807) is 6.26 Å². The largest absolute Gasteiger partial charge is 0.469 e. The summed E-state index contributed by atoms with van der Waals surface area (Å²) in [6.45, 7) is 7.48. The van der Waals surface area contributed by atoms with E-state index in [1.807, 2.05) is 0 Å². The zero-order chi connectivity index (χ0) is 21.7. The lowest BCUT2D eigenvalue weighted by molar-refractivity contribution is -0.215. The molecule has 6 nitrogen and oxygen atoms in total. The van der Waals surface area contributed by atoms with E-state index in [0.717, 1.165) is 37.9 Å². The van der Waals surface area contributed by atoms with Crippen LogP contribution in [0.5, 0.6) is 0 Å². The molecule has 0 saturated heterocycles. The summed E-state index contributed by atoms with van der Waals surface area (Å²) in [4.78, 5) is 23.7. The maximum Gasteiger partial charge on any atom is 0.302 e. The van der Waals surface area contributed by atoms with E-state index < -0.39 is 5.41 Å². The fourth-order valence-electron chi connectivity index (χ4n) is 7.37. The van der Waals surface area contributed by atoms with E-state index in [4.69, 9.17) is 13.9 Å². The Hall–Kier alpha value is -1.82. The lowest BCUT2D eigenvalue weighted by Crippen LogP contribution is -2.63. The molecule has 3 aliphatic rings. The van der Waals surface area contributed by atoms with E-state index in [0.29, 0.717) is 17.8 Å². The number of aliphatic hydroxyl groups excluding tert-OH is 1. The topological polar surface area (TPSA) is 86.0 Å². The third-order valence-electron chi connectivity index (χ3n) is 8.51. The number of furan rings is 1. The van der Waals surface area contributed by atoms with Crippen LogP contribution in [0, 0.1) is 28.6 Å². The van der Waals surface area contributed by atoms with Crippen LogP contribution in [0.2, 0.25) is 0 Å². The highest BCUT2D eigenvalue weighted by Crippen LogP contribution is 2.65. The molecule has 1 N–H and O–H groups in total. The average Bonchev–Trinajstić information content (AvgIpc) is 3.16. The van der Waals surface area contributed by atoms with Crippen molar-refractivity contribution in [2.24, 2.45) is 28.6 Å². The van der Waals surface area contributed by atoms with Crippen LogP contribution >= 0.6 is 0 Å². The molecule has 3 unspecified atom stereocenters. The summed E-state index contributed by atoms with van der Waals surface area (Å²) < 4.78 is 17.3. The third kappa shape index (κ3) is 3.28. The number of hydrogen-bond donors (Lipinski definition) is 1.